The first-order valence-electron chi connectivity index (χ1n) is 6.05. The van der Waals surface area contributed by atoms with Gasteiger partial charge in [-0.05, 0) is 34.6 Å². The molecule has 1 unspecified atom stereocenters. The number of ether oxygens (including phenoxy) is 1. The van der Waals surface area contributed by atoms with Gasteiger partial charge in [0.05, 0.1) is 35.6 Å². The zero-order valence-corrected chi connectivity index (χ0v) is 12.6. The van der Waals surface area contributed by atoms with E-state index in [-0.39, 0.29) is 6.04 Å². The van der Waals surface area contributed by atoms with Crippen molar-refractivity contribution < 1.29 is 4.74 Å². The van der Waals surface area contributed by atoms with Crippen LogP contribution in [0.2, 0.25) is 0 Å². The summed E-state index contributed by atoms with van der Waals surface area (Å²) in [6.45, 7) is 1.35. The maximum Gasteiger partial charge on any atom is 0.0772 e. The number of hydrogen-bond donors (Lipinski definition) is 1. The lowest BCUT2D eigenvalue weighted by molar-refractivity contribution is 0.182. The molecule has 6 heteroatoms. The maximum atomic E-state index is 5.12. The average molecular weight is 325 g/mol. The van der Waals surface area contributed by atoms with Crippen molar-refractivity contribution in [3.05, 3.63) is 46.5 Å². The predicted octanol–water partition coefficient (Wildman–Crippen LogP) is 2.00. The van der Waals surface area contributed by atoms with Crippen LogP contribution >= 0.6 is 15.9 Å². The van der Waals surface area contributed by atoms with E-state index in [0.717, 1.165) is 22.3 Å². The quantitative estimate of drug-likeness (QED) is 0.883. The lowest BCUT2D eigenvalue weighted by atomic mass is 10.1. The van der Waals surface area contributed by atoms with E-state index in [1.54, 1.807) is 13.3 Å². The van der Waals surface area contributed by atoms with Gasteiger partial charge in [0, 0.05) is 19.5 Å². The van der Waals surface area contributed by atoms with Crippen molar-refractivity contribution >= 4 is 15.9 Å². The van der Waals surface area contributed by atoms with Crippen LogP contribution in [0.1, 0.15) is 17.3 Å². The molecule has 102 valence electrons. The fourth-order valence-corrected chi connectivity index (χ4v) is 2.55. The Morgan fingerprint density at radius 2 is 2.32 bits per heavy atom. The second-order valence-corrected chi connectivity index (χ2v) is 4.96. The van der Waals surface area contributed by atoms with Crippen molar-refractivity contribution in [1.29, 1.82) is 0 Å². The summed E-state index contributed by atoms with van der Waals surface area (Å²) < 4.78 is 8.04. The molecule has 1 N–H and O–H groups in total. The molecule has 1 atom stereocenters. The van der Waals surface area contributed by atoms with Gasteiger partial charge in [-0.3, -0.25) is 9.67 Å². The molecule has 5 nitrogen and oxygen atoms in total. The highest BCUT2D eigenvalue weighted by atomic mass is 79.9. The zero-order valence-electron chi connectivity index (χ0n) is 11.0. The molecule has 19 heavy (non-hydrogen) atoms. The smallest absolute Gasteiger partial charge is 0.0772 e. The molecular weight excluding hydrogens is 308 g/mol. The normalized spacial score (nSPS) is 12.6. The van der Waals surface area contributed by atoms with Crippen molar-refractivity contribution in [2.45, 2.75) is 12.6 Å². The number of nitrogens with one attached hydrogen (secondary N) is 1. The molecule has 0 radical (unpaired) electrons. The Balaban J connectivity index is 2.35. The fourth-order valence-electron chi connectivity index (χ4n) is 2.02. The van der Waals surface area contributed by atoms with E-state index < -0.39 is 0 Å². The Labute approximate surface area is 121 Å². The summed E-state index contributed by atoms with van der Waals surface area (Å²) in [6.07, 6.45) is 5.44. The van der Waals surface area contributed by atoms with Gasteiger partial charge in [-0.15, -0.1) is 0 Å². The van der Waals surface area contributed by atoms with Crippen molar-refractivity contribution in [3.63, 3.8) is 0 Å². The van der Waals surface area contributed by atoms with Crippen LogP contribution in [0.25, 0.3) is 0 Å². The minimum Gasteiger partial charge on any atom is -0.383 e. The Bertz CT molecular complexity index is 515. The van der Waals surface area contributed by atoms with Crippen LogP contribution in [0.4, 0.5) is 0 Å². The van der Waals surface area contributed by atoms with Gasteiger partial charge in [-0.2, -0.15) is 5.10 Å². The third-order valence-corrected chi connectivity index (χ3v) is 3.53. The molecule has 0 aliphatic rings. The fraction of sp³-hybridized carbons (Fsp3) is 0.385. The lowest BCUT2D eigenvalue weighted by Crippen LogP contribution is -2.23. The van der Waals surface area contributed by atoms with Crippen LogP contribution < -0.4 is 5.32 Å². The summed E-state index contributed by atoms with van der Waals surface area (Å²) in [6, 6.07) is 4.03. The summed E-state index contributed by atoms with van der Waals surface area (Å²) in [4.78, 5) is 4.18. The number of pyridine rings is 1. The molecular formula is C13H17BrN4O. The van der Waals surface area contributed by atoms with Crippen LogP contribution in [-0.2, 0) is 11.3 Å². The first kappa shape index (κ1) is 14.2. The van der Waals surface area contributed by atoms with Crippen LogP contribution in [0, 0.1) is 0 Å². The number of hydrogen-bond acceptors (Lipinski definition) is 4. The van der Waals surface area contributed by atoms with E-state index in [4.69, 9.17) is 4.74 Å². The molecule has 0 aliphatic carbocycles. The summed E-state index contributed by atoms with van der Waals surface area (Å²) in [5.41, 5.74) is 2.18. The van der Waals surface area contributed by atoms with Crippen molar-refractivity contribution in [2.75, 3.05) is 20.8 Å². The van der Waals surface area contributed by atoms with Gasteiger partial charge >= 0.3 is 0 Å². The van der Waals surface area contributed by atoms with Gasteiger partial charge < -0.3 is 10.1 Å². The third kappa shape index (κ3) is 3.20. The summed E-state index contributed by atoms with van der Waals surface area (Å²) in [7, 11) is 3.62. The third-order valence-electron chi connectivity index (χ3n) is 2.92. The lowest BCUT2D eigenvalue weighted by Gasteiger charge is -2.18. The molecule has 0 spiro atoms. The van der Waals surface area contributed by atoms with E-state index in [9.17, 15) is 0 Å². The molecule has 2 heterocycles. The molecule has 2 rings (SSSR count). The number of halogens is 1. The second-order valence-electron chi connectivity index (χ2n) is 4.10. The Hall–Kier alpha value is -1.24. The van der Waals surface area contributed by atoms with Crippen LogP contribution in [0.5, 0.6) is 0 Å². The van der Waals surface area contributed by atoms with Gasteiger partial charge in [-0.1, -0.05) is 6.07 Å². The van der Waals surface area contributed by atoms with E-state index in [0.29, 0.717) is 6.61 Å². The van der Waals surface area contributed by atoms with Gasteiger partial charge in [0.1, 0.15) is 0 Å². The Morgan fingerprint density at radius 3 is 2.95 bits per heavy atom. The van der Waals surface area contributed by atoms with Crippen LogP contribution in [0.15, 0.2) is 35.2 Å². The number of aromatic nitrogens is 3. The monoisotopic (exact) mass is 324 g/mol. The second kappa shape index (κ2) is 6.79. The highest BCUT2D eigenvalue weighted by molar-refractivity contribution is 9.10. The molecule has 0 aromatic carbocycles. The van der Waals surface area contributed by atoms with E-state index >= 15 is 0 Å². The minimum atomic E-state index is 0.0439. The molecule has 0 bridgehead atoms. The molecule has 0 amide bonds. The standard InChI is InChI=1S/C13H17BrN4O/c1-15-12(10-4-3-5-16-8-10)13-11(14)9-17-18(13)6-7-19-2/h3-5,8-9,12,15H,6-7H2,1-2H3. The zero-order chi connectivity index (χ0) is 13.7. The van der Waals surface area contributed by atoms with Crippen molar-refractivity contribution in [3.8, 4) is 0 Å². The molecule has 0 aliphatic heterocycles. The van der Waals surface area contributed by atoms with Gasteiger partial charge in [0.2, 0.25) is 0 Å². The van der Waals surface area contributed by atoms with Crippen LogP contribution in [0.3, 0.4) is 0 Å². The molecule has 2 aromatic rings. The highest BCUT2D eigenvalue weighted by Crippen LogP contribution is 2.27. The number of methoxy groups -OCH3 is 1. The first-order chi connectivity index (χ1) is 9.27. The number of nitrogens with zero attached hydrogens (tertiary/aromatic N) is 3. The molecule has 0 fully saturated rings. The average Bonchev–Trinajstić information content (AvgIpc) is 2.80. The number of rotatable bonds is 6. The maximum absolute atomic E-state index is 5.12. The van der Waals surface area contributed by atoms with Crippen molar-refractivity contribution in [2.24, 2.45) is 0 Å². The SMILES string of the molecule is CNC(c1cccnc1)c1c(Br)cnn1CCOC. The summed E-state index contributed by atoms with van der Waals surface area (Å²) >= 11 is 3.56. The van der Waals surface area contributed by atoms with E-state index in [2.05, 4.69) is 31.3 Å². The minimum absolute atomic E-state index is 0.0439. The van der Waals surface area contributed by atoms with Crippen molar-refractivity contribution in [1.82, 2.24) is 20.1 Å². The molecule has 0 saturated carbocycles. The van der Waals surface area contributed by atoms with Gasteiger partial charge in [0.25, 0.3) is 0 Å². The Morgan fingerprint density at radius 1 is 1.47 bits per heavy atom. The largest absolute Gasteiger partial charge is 0.383 e. The Kier molecular flexibility index (Phi) is 5.07. The van der Waals surface area contributed by atoms with E-state index in [1.807, 2.05) is 36.3 Å². The van der Waals surface area contributed by atoms with Gasteiger partial charge in [0.15, 0.2) is 0 Å². The predicted molar refractivity (Wildman–Crippen MR) is 76.9 cm³/mol. The van der Waals surface area contributed by atoms with Crippen LogP contribution in [-0.4, -0.2) is 35.5 Å². The first-order valence-corrected chi connectivity index (χ1v) is 6.84. The molecule has 0 saturated heterocycles. The molecule has 2 aromatic heterocycles. The highest BCUT2D eigenvalue weighted by Gasteiger charge is 2.20. The van der Waals surface area contributed by atoms with E-state index in [1.165, 1.54) is 0 Å². The summed E-state index contributed by atoms with van der Waals surface area (Å²) in [5.74, 6) is 0. The van der Waals surface area contributed by atoms with Gasteiger partial charge in [-0.25, -0.2) is 0 Å². The topological polar surface area (TPSA) is 52.0 Å². The summed E-state index contributed by atoms with van der Waals surface area (Å²) in [5, 5.41) is 7.68.